The number of halogens is 1. The van der Waals surface area contributed by atoms with Gasteiger partial charge >= 0.3 is 155 Å². The number of fused-ring (bicyclic) bond motifs is 1. The van der Waals surface area contributed by atoms with Crippen LogP contribution in [0.4, 0.5) is 5.82 Å². The van der Waals surface area contributed by atoms with Crippen molar-refractivity contribution in [3.8, 4) is 11.3 Å². The molecule has 114 valence electrons. The van der Waals surface area contributed by atoms with E-state index in [0.717, 1.165) is 54.3 Å². The van der Waals surface area contributed by atoms with E-state index in [-0.39, 0.29) is 0 Å². The fourth-order valence-corrected chi connectivity index (χ4v) is 4.16. The predicted molar refractivity (Wildman–Crippen MR) is 90.0 cm³/mol. The van der Waals surface area contributed by atoms with Gasteiger partial charge in [0.1, 0.15) is 0 Å². The van der Waals surface area contributed by atoms with Gasteiger partial charge in [-0.3, -0.25) is 0 Å². The first kappa shape index (κ1) is 15.3. The molecule has 0 spiro atoms. The van der Waals surface area contributed by atoms with Crippen molar-refractivity contribution >= 4 is 54.4 Å². The molecule has 1 fully saturated rings. The number of ether oxygens (including phenoxy) is 1. The zero-order valence-electron chi connectivity index (χ0n) is 12.3. The van der Waals surface area contributed by atoms with Crippen LogP contribution in [-0.2, 0) is 4.74 Å². The summed E-state index contributed by atoms with van der Waals surface area (Å²) >= 11 is 6.64. The van der Waals surface area contributed by atoms with Crippen molar-refractivity contribution in [1.82, 2.24) is 17.6 Å². The average molecular weight is 519 g/mol. The summed E-state index contributed by atoms with van der Waals surface area (Å²) in [5, 5.41) is 6.23. The van der Waals surface area contributed by atoms with Crippen molar-refractivity contribution in [2.75, 3.05) is 31.2 Å². The van der Waals surface area contributed by atoms with Crippen molar-refractivity contribution in [3.63, 3.8) is 0 Å². The van der Waals surface area contributed by atoms with E-state index in [1.807, 2.05) is 20.8 Å². The van der Waals surface area contributed by atoms with E-state index in [1.165, 1.54) is 0 Å². The van der Waals surface area contributed by atoms with Crippen LogP contribution in [0.15, 0.2) is 30.6 Å². The summed E-state index contributed by atoms with van der Waals surface area (Å²) < 4.78 is 7.40. The van der Waals surface area contributed by atoms with E-state index in [2.05, 4.69) is 20.9 Å². The van der Waals surface area contributed by atoms with Crippen molar-refractivity contribution < 1.29 is 4.74 Å². The maximum atomic E-state index is 6.07. The molecule has 0 N–H and O–H groups in total. The Morgan fingerprint density at radius 1 is 1.17 bits per heavy atom. The molecule has 0 aromatic carbocycles. The van der Waals surface area contributed by atoms with E-state index in [1.54, 1.807) is 6.20 Å². The molecular weight excluding hydrogens is 506 g/mol. The molecule has 0 aliphatic carbocycles. The first-order chi connectivity index (χ1) is 11.2. The van der Waals surface area contributed by atoms with Crippen molar-refractivity contribution in [2.45, 2.75) is 0 Å². The first-order valence-electron chi connectivity index (χ1n) is 7.31. The second kappa shape index (κ2) is 6.33. The zero-order valence-corrected chi connectivity index (χ0v) is 17.6. The molecule has 1 aliphatic heterocycles. The van der Waals surface area contributed by atoms with Crippen LogP contribution in [-0.4, -0.2) is 69.9 Å². The van der Waals surface area contributed by atoms with Gasteiger partial charge in [-0.1, -0.05) is 0 Å². The third-order valence-electron chi connectivity index (χ3n) is 3.91. The van der Waals surface area contributed by atoms with Gasteiger partial charge in [-0.2, -0.15) is 0 Å². The quantitative estimate of drug-likeness (QED) is 0.383. The molecule has 6 nitrogen and oxygen atoms in total. The van der Waals surface area contributed by atoms with Gasteiger partial charge < -0.3 is 0 Å². The van der Waals surface area contributed by atoms with Gasteiger partial charge in [0.15, 0.2) is 0 Å². The fraction of sp³-hybridized carbons (Fsp3) is 0.267. The molecule has 23 heavy (non-hydrogen) atoms. The summed E-state index contributed by atoms with van der Waals surface area (Å²) in [5.41, 5.74) is 3.01. The third kappa shape index (κ3) is 2.94. The van der Waals surface area contributed by atoms with E-state index in [4.69, 9.17) is 21.4 Å². The number of nitrogens with zero attached hydrogens (tertiary/aromatic N) is 5. The third-order valence-corrected chi connectivity index (χ3v) is 5.65. The Bertz CT molecular complexity index is 862. The van der Waals surface area contributed by atoms with Crippen LogP contribution >= 0.6 is 11.6 Å². The van der Waals surface area contributed by atoms with Crippen LogP contribution < -0.4 is 4.90 Å². The Kier molecular flexibility index (Phi) is 4.20. The number of rotatable bonds is 2. The topological polar surface area (TPSA) is 56.1 Å². The van der Waals surface area contributed by atoms with Gasteiger partial charge in [0.05, 0.1) is 0 Å². The number of hydrogen-bond acceptors (Lipinski definition) is 5. The Morgan fingerprint density at radius 3 is 2.83 bits per heavy atom. The molecule has 0 saturated carbocycles. The Morgan fingerprint density at radius 2 is 2.00 bits per heavy atom. The molecular formula is C15H13ClN5OTl. The standard InChI is InChI=1S/C15H13ClN5O.Tl/c16-13-8-11-12(9-18-13)19-20-15(11)10-1-2-17-14(7-10)21-3-5-22-6-4-21;/h1-2,7-9H,3-6H2;/q-1;+1. The van der Waals surface area contributed by atoms with Crippen molar-refractivity contribution in [3.05, 3.63) is 35.7 Å². The van der Waals surface area contributed by atoms with Crippen LogP contribution in [0.25, 0.3) is 22.2 Å². The number of anilines is 1. The van der Waals surface area contributed by atoms with Crippen LogP contribution in [0.5, 0.6) is 0 Å². The molecule has 0 amide bonds. The minimum absolute atomic E-state index is 0.485. The van der Waals surface area contributed by atoms with E-state index in [9.17, 15) is 0 Å². The zero-order chi connectivity index (χ0) is 15.8. The molecule has 0 radical (unpaired) electrons. The maximum absolute atomic E-state index is 6.07. The summed E-state index contributed by atoms with van der Waals surface area (Å²) in [4.78, 5) is 10.9. The second-order valence-corrected chi connectivity index (χ2v) is 7.61. The normalized spacial score (nSPS) is 15.2. The molecule has 3 aromatic rings. The van der Waals surface area contributed by atoms with E-state index < -0.39 is 0 Å². The summed E-state index contributed by atoms with van der Waals surface area (Å²) in [5.74, 6) is 0.962. The van der Waals surface area contributed by atoms with Crippen LogP contribution in [0.2, 0.25) is 5.15 Å². The van der Waals surface area contributed by atoms with Gasteiger partial charge in [-0.15, -0.1) is 0 Å². The molecule has 0 bridgehead atoms. The number of aromatic nitrogens is 4. The van der Waals surface area contributed by atoms with Crippen LogP contribution in [0.1, 0.15) is 0 Å². The van der Waals surface area contributed by atoms with E-state index in [0.29, 0.717) is 31.2 Å². The van der Waals surface area contributed by atoms with Crippen LogP contribution in [0.3, 0.4) is 0 Å². The summed E-state index contributed by atoms with van der Waals surface area (Å²) in [6.07, 6.45) is 3.63. The van der Waals surface area contributed by atoms with Gasteiger partial charge in [0, 0.05) is 0 Å². The second-order valence-electron chi connectivity index (χ2n) is 5.32. The Balaban J connectivity index is 1.80. The molecule has 1 aliphatic rings. The van der Waals surface area contributed by atoms with Crippen LogP contribution in [0, 0.1) is 0 Å². The molecule has 8 heteroatoms. The molecule has 3 aromatic heterocycles. The monoisotopic (exact) mass is 519 g/mol. The summed E-state index contributed by atoms with van der Waals surface area (Å²) in [6, 6.07) is 5.96. The fourth-order valence-electron chi connectivity index (χ4n) is 2.75. The molecule has 0 atom stereocenters. The SMILES string of the molecule is Clc1cc2c(-c3ccnc(N4CCOCC4)c3)n[n]([Tl])c2cn1. The molecule has 4 heterocycles. The summed E-state index contributed by atoms with van der Waals surface area (Å²) in [7, 11) is 0. The van der Waals surface area contributed by atoms with Gasteiger partial charge in [0.25, 0.3) is 0 Å². The number of morpholine rings is 1. The number of pyridine rings is 2. The molecule has 1 saturated heterocycles. The number of hydrogen-bond donors (Lipinski definition) is 0. The molecule has 4 rings (SSSR count). The summed E-state index contributed by atoms with van der Waals surface area (Å²) in [6.45, 7) is 3.21. The van der Waals surface area contributed by atoms with Gasteiger partial charge in [0.2, 0.25) is 0 Å². The minimum atomic E-state index is 0.485. The van der Waals surface area contributed by atoms with Gasteiger partial charge in [-0.25, -0.2) is 0 Å². The van der Waals surface area contributed by atoms with Crippen molar-refractivity contribution in [2.24, 2.45) is 0 Å². The first-order valence-corrected chi connectivity index (χ1v) is 9.69. The average Bonchev–Trinajstić information content (AvgIpc) is 2.92. The van der Waals surface area contributed by atoms with Gasteiger partial charge in [-0.05, 0) is 0 Å². The Labute approximate surface area is 154 Å². The Hall–Kier alpha value is -1.26. The van der Waals surface area contributed by atoms with E-state index >= 15 is 0 Å². The molecule has 0 unspecified atom stereocenters. The van der Waals surface area contributed by atoms with Crippen molar-refractivity contribution in [1.29, 1.82) is 0 Å². The predicted octanol–water partition coefficient (Wildman–Crippen LogP) is 1.91.